The van der Waals surface area contributed by atoms with Crippen molar-refractivity contribution in [2.75, 3.05) is 13.7 Å². The van der Waals surface area contributed by atoms with Gasteiger partial charge in [-0.2, -0.15) is 0 Å². The van der Waals surface area contributed by atoms with Gasteiger partial charge in [-0.1, -0.05) is 34.1 Å². The molecule has 3 unspecified atom stereocenters. The van der Waals surface area contributed by atoms with Crippen LogP contribution in [0.2, 0.25) is 0 Å². The highest BCUT2D eigenvalue weighted by atomic mass is 16.5. The number of nitrogens with one attached hydrogen (secondary N) is 1. The van der Waals surface area contributed by atoms with Crippen molar-refractivity contribution in [3.8, 4) is 0 Å². The molecule has 1 N–H and O–H groups in total. The molecule has 17 heavy (non-hydrogen) atoms. The van der Waals surface area contributed by atoms with Crippen molar-refractivity contribution in [3.63, 3.8) is 0 Å². The lowest BCUT2D eigenvalue weighted by Crippen LogP contribution is -2.47. The molecular weight excluding hydrogens is 210 g/mol. The molecule has 0 aromatic rings. The van der Waals surface area contributed by atoms with E-state index in [9.17, 15) is 0 Å². The molecule has 0 spiro atoms. The monoisotopic (exact) mass is 241 g/mol. The lowest BCUT2D eigenvalue weighted by atomic mass is 9.70. The van der Waals surface area contributed by atoms with Gasteiger partial charge in [0.25, 0.3) is 0 Å². The average Bonchev–Trinajstić information content (AvgIpc) is 2.22. The summed E-state index contributed by atoms with van der Waals surface area (Å²) in [4.78, 5) is 0. The predicted octanol–water partition coefficient (Wildman–Crippen LogP) is 3.61. The fourth-order valence-electron chi connectivity index (χ4n) is 3.26. The van der Waals surface area contributed by atoms with Crippen LogP contribution in [-0.4, -0.2) is 25.8 Å². The molecule has 0 amide bonds. The van der Waals surface area contributed by atoms with E-state index in [4.69, 9.17) is 4.74 Å². The zero-order valence-corrected chi connectivity index (χ0v) is 12.4. The first kappa shape index (κ1) is 15.0. The Morgan fingerprint density at radius 2 is 2.12 bits per heavy atom. The smallest absolute Gasteiger partial charge is 0.0615 e. The number of methoxy groups -OCH3 is 1. The van der Waals surface area contributed by atoms with E-state index in [1.807, 2.05) is 0 Å². The van der Waals surface area contributed by atoms with Crippen LogP contribution in [0.15, 0.2) is 0 Å². The summed E-state index contributed by atoms with van der Waals surface area (Å²) in [6.45, 7) is 10.3. The van der Waals surface area contributed by atoms with Gasteiger partial charge in [0.2, 0.25) is 0 Å². The maximum atomic E-state index is 5.31. The summed E-state index contributed by atoms with van der Waals surface area (Å²) >= 11 is 0. The second-order valence-electron chi connectivity index (χ2n) is 6.60. The van der Waals surface area contributed by atoms with E-state index in [-0.39, 0.29) is 0 Å². The standard InChI is InChI=1S/C15H31NO/c1-6-7-13(11-17-5)16-14-8-9-15(3,4)10-12(14)2/h12-14,16H,6-11H2,1-5H3. The lowest BCUT2D eigenvalue weighted by Gasteiger charge is -2.41. The first-order chi connectivity index (χ1) is 7.98. The zero-order valence-electron chi connectivity index (χ0n) is 12.4. The quantitative estimate of drug-likeness (QED) is 0.767. The largest absolute Gasteiger partial charge is 0.383 e. The predicted molar refractivity (Wildman–Crippen MR) is 74.3 cm³/mol. The fourth-order valence-corrected chi connectivity index (χ4v) is 3.26. The Morgan fingerprint density at radius 1 is 1.41 bits per heavy atom. The Kier molecular flexibility index (Phi) is 5.94. The van der Waals surface area contributed by atoms with E-state index < -0.39 is 0 Å². The molecule has 3 atom stereocenters. The minimum atomic E-state index is 0.540. The minimum Gasteiger partial charge on any atom is -0.383 e. The van der Waals surface area contributed by atoms with Crippen LogP contribution >= 0.6 is 0 Å². The van der Waals surface area contributed by atoms with Crippen LogP contribution in [0.4, 0.5) is 0 Å². The van der Waals surface area contributed by atoms with Gasteiger partial charge in [0, 0.05) is 19.2 Å². The summed E-state index contributed by atoms with van der Waals surface area (Å²) in [6, 6.07) is 1.23. The maximum Gasteiger partial charge on any atom is 0.0615 e. The second-order valence-corrected chi connectivity index (χ2v) is 6.60. The SMILES string of the molecule is CCCC(COC)NC1CCC(C)(C)CC1C. The van der Waals surface area contributed by atoms with Crippen LogP contribution in [0.5, 0.6) is 0 Å². The van der Waals surface area contributed by atoms with Gasteiger partial charge in [0.1, 0.15) is 0 Å². The molecule has 1 fully saturated rings. The van der Waals surface area contributed by atoms with Crippen molar-refractivity contribution in [2.24, 2.45) is 11.3 Å². The Labute approximate surface area is 108 Å². The lowest BCUT2D eigenvalue weighted by molar-refractivity contribution is 0.111. The van der Waals surface area contributed by atoms with Crippen LogP contribution < -0.4 is 5.32 Å². The van der Waals surface area contributed by atoms with Crippen molar-refractivity contribution in [2.45, 2.75) is 71.9 Å². The molecule has 0 radical (unpaired) electrons. The molecule has 0 bridgehead atoms. The third-order valence-electron chi connectivity index (χ3n) is 4.15. The Morgan fingerprint density at radius 3 is 2.65 bits per heavy atom. The molecule has 1 aliphatic rings. The highest BCUT2D eigenvalue weighted by molar-refractivity contribution is 4.88. The molecule has 1 rings (SSSR count). The van der Waals surface area contributed by atoms with Gasteiger partial charge in [-0.25, -0.2) is 0 Å². The summed E-state index contributed by atoms with van der Waals surface area (Å²) in [5.41, 5.74) is 0.541. The molecule has 2 nitrogen and oxygen atoms in total. The molecule has 0 heterocycles. The third-order valence-corrected chi connectivity index (χ3v) is 4.15. The average molecular weight is 241 g/mol. The topological polar surface area (TPSA) is 21.3 Å². The van der Waals surface area contributed by atoms with Gasteiger partial charge in [-0.05, 0) is 37.0 Å². The summed E-state index contributed by atoms with van der Waals surface area (Å²) in [5, 5.41) is 3.82. The summed E-state index contributed by atoms with van der Waals surface area (Å²) in [7, 11) is 1.80. The van der Waals surface area contributed by atoms with E-state index in [0.717, 1.165) is 12.5 Å². The van der Waals surface area contributed by atoms with E-state index in [2.05, 4.69) is 33.0 Å². The summed E-state index contributed by atoms with van der Waals surface area (Å²) in [5.74, 6) is 0.787. The molecule has 1 saturated carbocycles. The molecule has 0 aliphatic heterocycles. The number of rotatable bonds is 6. The van der Waals surface area contributed by atoms with Gasteiger partial charge >= 0.3 is 0 Å². The van der Waals surface area contributed by atoms with Crippen LogP contribution in [0.25, 0.3) is 0 Å². The molecule has 1 aliphatic carbocycles. The van der Waals surface area contributed by atoms with E-state index in [1.54, 1.807) is 7.11 Å². The van der Waals surface area contributed by atoms with E-state index in [0.29, 0.717) is 17.5 Å². The molecular formula is C15H31NO. The molecule has 0 aromatic heterocycles. The van der Waals surface area contributed by atoms with Crippen LogP contribution in [0.3, 0.4) is 0 Å². The first-order valence-electron chi connectivity index (χ1n) is 7.23. The highest BCUT2D eigenvalue weighted by Gasteiger charge is 2.32. The normalized spacial score (nSPS) is 30.2. The third kappa shape index (κ3) is 4.97. The molecule has 102 valence electrons. The fraction of sp³-hybridized carbons (Fsp3) is 1.00. The Bertz CT molecular complexity index is 209. The van der Waals surface area contributed by atoms with Crippen molar-refractivity contribution in [3.05, 3.63) is 0 Å². The van der Waals surface area contributed by atoms with Crippen LogP contribution in [0.1, 0.15) is 59.8 Å². The van der Waals surface area contributed by atoms with Crippen molar-refractivity contribution in [1.29, 1.82) is 0 Å². The highest BCUT2D eigenvalue weighted by Crippen LogP contribution is 2.38. The van der Waals surface area contributed by atoms with Gasteiger partial charge < -0.3 is 10.1 Å². The minimum absolute atomic E-state index is 0.540. The molecule has 2 heteroatoms. The summed E-state index contributed by atoms with van der Waals surface area (Å²) in [6.07, 6.45) is 6.46. The Hall–Kier alpha value is -0.0800. The van der Waals surface area contributed by atoms with E-state index in [1.165, 1.54) is 32.1 Å². The maximum absolute atomic E-state index is 5.31. The Balaban J connectivity index is 2.44. The summed E-state index contributed by atoms with van der Waals surface area (Å²) < 4.78 is 5.31. The van der Waals surface area contributed by atoms with Crippen molar-refractivity contribution in [1.82, 2.24) is 5.32 Å². The molecule has 0 aromatic carbocycles. The van der Waals surface area contributed by atoms with Gasteiger partial charge in [-0.3, -0.25) is 0 Å². The van der Waals surface area contributed by atoms with Crippen LogP contribution in [0, 0.1) is 11.3 Å². The molecule has 0 saturated heterocycles. The number of ether oxygens (including phenoxy) is 1. The first-order valence-corrected chi connectivity index (χ1v) is 7.23. The number of hydrogen-bond acceptors (Lipinski definition) is 2. The van der Waals surface area contributed by atoms with Crippen molar-refractivity contribution >= 4 is 0 Å². The van der Waals surface area contributed by atoms with E-state index >= 15 is 0 Å². The van der Waals surface area contributed by atoms with Gasteiger partial charge in [-0.15, -0.1) is 0 Å². The van der Waals surface area contributed by atoms with Crippen molar-refractivity contribution < 1.29 is 4.74 Å². The van der Waals surface area contributed by atoms with Gasteiger partial charge in [0.15, 0.2) is 0 Å². The van der Waals surface area contributed by atoms with Gasteiger partial charge in [0.05, 0.1) is 6.61 Å². The number of hydrogen-bond donors (Lipinski definition) is 1. The second kappa shape index (κ2) is 6.75. The zero-order chi connectivity index (χ0) is 12.9. The van der Waals surface area contributed by atoms with Crippen LogP contribution in [-0.2, 0) is 4.74 Å².